The quantitative estimate of drug-likeness (QED) is 0.718. The van der Waals surface area contributed by atoms with E-state index in [0.29, 0.717) is 32.1 Å². The maximum atomic E-state index is 11.2. The third-order valence-electron chi connectivity index (χ3n) is 3.45. The Hall–Kier alpha value is -1.38. The Morgan fingerprint density at radius 3 is 2.73 bits per heavy atom. The van der Waals surface area contributed by atoms with Gasteiger partial charge in [0.15, 0.2) is 0 Å². The fourth-order valence-electron chi connectivity index (χ4n) is 2.16. The molecule has 2 rings (SSSR count). The second kappa shape index (κ2) is 8.92. The van der Waals surface area contributed by atoms with Crippen molar-refractivity contribution in [2.24, 2.45) is 0 Å². The lowest BCUT2D eigenvalue weighted by Crippen LogP contribution is -2.38. The van der Waals surface area contributed by atoms with Gasteiger partial charge in [-0.15, -0.1) is 0 Å². The topological polar surface area (TPSA) is 87.6 Å². The van der Waals surface area contributed by atoms with E-state index in [9.17, 15) is 9.90 Å². The zero-order chi connectivity index (χ0) is 15.8. The summed E-state index contributed by atoms with van der Waals surface area (Å²) in [6.45, 7) is 3.44. The molecule has 1 aromatic heterocycles. The number of nitrogens with zero attached hydrogens (tertiary/aromatic N) is 3. The molecule has 122 valence electrons. The van der Waals surface area contributed by atoms with E-state index in [4.69, 9.17) is 4.74 Å². The highest BCUT2D eigenvalue weighted by molar-refractivity contribution is 7.98. The van der Waals surface area contributed by atoms with Gasteiger partial charge in [0.2, 0.25) is 5.95 Å². The summed E-state index contributed by atoms with van der Waals surface area (Å²) in [5.74, 6) is 0.695. The van der Waals surface area contributed by atoms with Crippen molar-refractivity contribution in [3.05, 3.63) is 18.0 Å². The molecule has 1 aliphatic heterocycles. The third kappa shape index (κ3) is 5.11. The molecule has 0 saturated carbocycles. The Kier molecular flexibility index (Phi) is 6.88. The Labute approximate surface area is 134 Å². The summed E-state index contributed by atoms with van der Waals surface area (Å²) in [7, 11) is 0. The standard InChI is InChI=1S/C14H22N4O3S/c1-22-7-2-12(13(19)20)15-8-11-9-16-14(17-10-11)18-3-5-21-6-4-18/h9-10,12,15H,2-8H2,1H3,(H,19,20)/t12-/m1/s1. The van der Waals surface area contributed by atoms with E-state index in [2.05, 4.69) is 20.2 Å². The number of anilines is 1. The summed E-state index contributed by atoms with van der Waals surface area (Å²) in [5.41, 5.74) is 0.882. The van der Waals surface area contributed by atoms with Gasteiger partial charge < -0.3 is 20.1 Å². The maximum Gasteiger partial charge on any atom is 0.320 e. The smallest absolute Gasteiger partial charge is 0.320 e. The Balaban J connectivity index is 1.86. The van der Waals surface area contributed by atoms with Crippen LogP contribution in [0.15, 0.2) is 12.4 Å². The molecule has 0 radical (unpaired) electrons. The van der Waals surface area contributed by atoms with Gasteiger partial charge in [-0.1, -0.05) is 0 Å². The van der Waals surface area contributed by atoms with Gasteiger partial charge in [0, 0.05) is 37.6 Å². The van der Waals surface area contributed by atoms with Crippen LogP contribution in [0.1, 0.15) is 12.0 Å². The van der Waals surface area contributed by atoms with Gasteiger partial charge in [-0.05, 0) is 18.4 Å². The number of carboxylic acid groups (broad SMARTS) is 1. The molecule has 1 fully saturated rings. The van der Waals surface area contributed by atoms with E-state index in [1.807, 2.05) is 6.26 Å². The molecule has 1 saturated heterocycles. The average Bonchev–Trinajstić information content (AvgIpc) is 2.56. The van der Waals surface area contributed by atoms with Crippen molar-refractivity contribution in [3.63, 3.8) is 0 Å². The second-order valence-corrected chi connectivity index (χ2v) is 6.03. The highest BCUT2D eigenvalue weighted by Crippen LogP contribution is 2.09. The SMILES string of the molecule is CSCC[C@@H](NCc1cnc(N2CCOCC2)nc1)C(=O)O. The van der Waals surface area contributed by atoms with Crippen molar-refractivity contribution in [2.75, 3.05) is 43.2 Å². The predicted molar refractivity (Wildman–Crippen MR) is 86.3 cm³/mol. The molecule has 0 spiro atoms. The number of carboxylic acids is 1. The summed E-state index contributed by atoms with van der Waals surface area (Å²) in [6.07, 6.45) is 6.07. The van der Waals surface area contributed by atoms with Crippen molar-refractivity contribution in [2.45, 2.75) is 19.0 Å². The first-order valence-electron chi connectivity index (χ1n) is 7.29. The van der Waals surface area contributed by atoms with E-state index >= 15 is 0 Å². The molecule has 8 heteroatoms. The van der Waals surface area contributed by atoms with E-state index in [1.165, 1.54) is 0 Å². The number of ether oxygens (including phenoxy) is 1. The molecule has 7 nitrogen and oxygen atoms in total. The van der Waals surface area contributed by atoms with Gasteiger partial charge in [0.25, 0.3) is 0 Å². The summed E-state index contributed by atoms with van der Waals surface area (Å²) in [4.78, 5) is 22.0. The fourth-order valence-corrected chi connectivity index (χ4v) is 2.63. The number of hydrogen-bond acceptors (Lipinski definition) is 7. The molecule has 22 heavy (non-hydrogen) atoms. The zero-order valence-corrected chi connectivity index (χ0v) is 13.5. The number of nitrogens with one attached hydrogen (secondary N) is 1. The van der Waals surface area contributed by atoms with Gasteiger partial charge in [-0.3, -0.25) is 4.79 Å². The number of carbonyl (C=O) groups is 1. The van der Waals surface area contributed by atoms with Crippen LogP contribution >= 0.6 is 11.8 Å². The van der Waals surface area contributed by atoms with Crippen LogP contribution in [-0.2, 0) is 16.1 Å². The largest absolute Gasteiger partial charge is 0.480 e. The molecule has 1 aliphatic rings. The van der Waals surface area contributed by atoms with Gasteiger partial charge in [0.1, 0.15) is 6.04 Å². The highest BCUT2D eigenvalue weighted by Gasteiger charge is 2.17. The van der Waals surface area contributed by atoms with E-state index in [0.717, 1.165) is 24.4 Å². The first-order valence-corrected chi connectivity index (χ1v) is 8.69. The summed E-state index contributed by atoms with van der Waals surface area (Å²) >= 11 is 1.64. The van der Waals surface area contributed by atoms with E-state index in [1.54, 1.807) is 24.2 Å². The van der Waals surface area contributed by atoms with Crippen LogP contribution in [0.5, 0.6) is 0 Å². The maximum absolute atomic E-state index is 11.2. The normalized spacial score (nSPS) is 16.5. The second-order valence-electron chi connectivity index (χ2n) is 5.04. The minimum Gasteiger partial charge on any atom is -0.480 e. The lowest BCUT2D eigenvalue weighted by Gasteiger charge is -2.26. The van der Waals surface area contributed by atoms with Crippen LogP contribution in [0.25, 0.3) is 0 Å². The number of hydrogen-bond donors (Lipinski definition) is 2. The summed E-state index contributed by atoms with van der Waals surface area (Å²) in [6, 6.07) is -0.536. The van der Waals surface area contributed by atoms with Crippen molar-refractivity contribution < 1.29 is 14.6 Å². The molecular formula is C14H22N4O3S. The first-order chi connectivity index (χ1) is 10.7. The Morgan fingerprint density at radius 1 is 1.45 bits per heavy atom. The predicted octanol–water partition coefficient (Wildman–Crippen LogP) is 0.609. The minimum atomic E-state index is -0.820. The van der Waals surface area contributed by atoms with Gasteiger partial charge in [-0.2, -0.15) is 11.8 Å². The molecule has 2 N–H and O–H groups in total. The van der Waals surface area contributed by atoms with Crippen LogP contribution in [0.4, 0.5) is 5.95 Å². The summed E-state index contributed by atoms with van der Waals surface area (Å²) < 4.78 is 5.30. The van der Waals surface area contributed by atoms with Crippen LogP contribution < -0.4 is 10.2 Å². The minimum absolute atomic E-state index is 0.453. The zero-order valence-electron chi connectivity index (χ0n) is 12.7. The van der Waals surface area contributed by atoms with Crippen LogP contribution in [0.2, 0.25) is 0 Å². The monoisotopic (exact) mass is 326 g/mol. The van der Waals surface area contributed by atoms with Gasteiger partial charge in [0.05, 0.1) is 13.2 Å². The molecule has 2 heterocycles. The number of morpholine rings is 1. The van der Waals surface area contributed by atoms with Crippen LogP contribution in [0.3, 0.4) is 0 Å². The fraction of sp³-hybridized carbons (Fsp3) is 0.643. The molecule has 1 aromatic rings. The highest BCUT2D eigenvalue weighted by atomic mass is 32.2. The van der Waals surface area contributed by atoms with Crippen LogP contribution in [-0.4, -0.2) is 65.4 Å². The van der Waals surface area contributed by atoms with E-state index in [-0.39, 0.29) is 0 Å². The first kappa shape index (κ1) is 17.0. The molecule has 0 unspecified atom stereocenters. The molecule has 0 amide bonds. The third-order valence-corrected chi connectivity index (χ3v) is 4.09. The van der Waals surface area contributed by atoms with Gasteiger partial charge in [-0.25, -0.2) is 9.97 Å². The van der Waals surface area contributed by atoms with Crippen molar-refractivity contribution in [1.29, 1.82) is 0 Å². The lowest BCUT2D eigenvalue weighted by atomic mass is 10.2. The van der Waals surface area contributed by atoms with Crippen molar-refractivity contribution in [1.82, 2.24) is 15.3 Å². The molecule has 0 aromatic carbocycles. The lowest BCUT2D eigenvalue weighted by molar-refractivity contribution is -0.139. The molecule has 1 atom stereocenters. The molecule has 0 bridgehead atoms. The number of thioether (sulfide) groups is 1. The van der Waals surface area contributed by atoms with Crippen LogP contribution in [0, 0.1) is 0 Å². The molecule has 0 aliphatic carbocycles. The van der Waals surface area contributed by atoms with Crippen molar-refractivity contribution in [3.8, 4) is 0 Å². The number of rotatable bonds is 8. The molecular weight excluding hydrogens is 304 g/mol. The van der Waals surface area contributed by atoms with E-state index < -0.39 is 12.0 Å². The van der Waals surface area contributed by atoms with Crippen molar-refractivity contribution >= 4 is 23.7 Å². The van der Waals surface area contributed by atoms with Gasteiger partial charge >= 0.3 is 5.97 Å². The Bertz CT molecular complexity index is 466. The Morgan fingerprint density at radius 2 is 2.14 bits per heavy atom. The average molecular weight is 326 g/mol. The number of aromatic nitrogens is 2. The number of aliphatic carboxylic acids is 1. The summed E-state index contributed by atoms with van der Waals surface area (Å²) in [5, 5.41) is 12.2.